The van der Waals surface area contributed by atoms with Crippen molar-refractivity contribution in [2.45, 2.75) is 20.3 Å². The van der Waals surface area contributed by atoms with E-state index in [2.05, 4.69) is 15.9 Å². The molecule has 0 N–H and O–H groups in total. The number of ketones is 1. The maximum atomic E-state index is 12.6. The zero-order valence-electron chi connectivity index (χ0n) is 7.77. The van der Waals surface area contributed by atoms with E-state index in [1.807, 2.05) is 0 Å². The summed E-state index contributed by atoms with van der Waals surface area (Å²) in [6.45, 7) is 2.95. The van der Waals surface area contributed by atoms with Crippen molar-refractivity contribution in [2.24, 2.45) is 0 Å². The van der Waals surface area contributed by atoms with Crippen LogP contribution in [0.4, 0.5) is 8.78 Å². The molecule has 0 bridgehead atoms. The first-order chi connectivity index (χ1) is 6.45. The smallest absolute Gasteiger partial charge is 0.265 e. The highest BCUT2D eigenvalue weighted by Gasteiger charge is 2.18. The topological polar surface area (TPSA) is 17.1 Å². The van der Waals surface area contributed by atoms with Gasteiger partial charge in [0.25, 0.3) is 6.43 Å². The molecule has 76 valence electrons. The number of benzene rings is 1. The Morgan fingerprint density at radius 1 is 1.43 bits per heavy atom. The van der Waals surface area contributed by atoms with Crippen molar-refractivity contribution in [3.8, 4) is 0 Å². The number of hydrogen-bond donors (Lipinski definition) is 0. The highest BCUT2D eigenvalue weighted by molar-refractivity contribution is 9.10. The lowest BCUT2D eigenvalue weighted by Crippen LogP contribution is -2.00. The quantitative estimate of drug-likeness (QED) is 0.739. The summed E-state index contributed by atoms with van der Waals surface area (Å²) in [6.07, 6.45) is -2.57. The Labute approximate surface area is 89.3 Å². The third-order valence-corrected chi connectivity index (χ3v) is 2.85. The van der Waals surface area contributed by atoms with Gasteiger partial charge in [-0.1, -0.05) is 6.07 Å². The number of alkyl halides is 2. The number of aryl methyl sites for hydroxylation is 1. The fourth-order valence-corrected chi connectivity index (χ4v) is 2.13. The van der Waals surface area contributed by atoms with Crippen LogP contribution in [0, 0.1) is 6.92 Å². The molecule has 0 aliphatic carbocycles. The summed E-state index contributed by atoms with van der Waals surface area (Å²) in [5.41, 5.74) is 0.681. The van der Waals surface area contributed by atoms with Gasteiger partial charge in [-0.05, 0) is 41.4 Å². The van der Waals surface area contributed by atoms with Crippen LogP contribution in [-0.2, 0) is 0 Å². The minimum Gasteiger partial charge on any atom is -0.294 e. The number of carbonyl (C=O) groups is 1. The Balaban J connectivity index is 3.41. The Morgan fingerprint density at radius 2 is 2.00 bits per heavy atom. The van der Waals surface area contributed by atoms with E-state index in [-0.39, 0.29) is 15.8 Å². The third kappa shape index (κ3) is 2.00. The lowest BCUT2D eigenvalue weighted by atomic mass is 10.0. The van der Waals surface area contributed by atoms with Gasteiger partial charge in [0.15, 0.2) is 5.78 Å². The molecule has 0 heterocycles. The number of carbonyl (C=O) groups excluding carboxylic acids is 1. The molecule has 1 aromatic carbocycles. The van der Waals surface area contributed by atoms with E-state index >= 15 is 0 Å². The van der Waals surface area contributed by atoms with Crippen LogP contribution < -0.4 is 0 Å². The van der Waals surface area contributed by atoms with Gasteiger partial charge in [0.1, 0.15) is 0 Å². The van der Waals surface area contributed by atoms with Crippen LogP contribution in [0.1, 0.15) is 34.8 Å². The van der Waals surface area contributed by atoms with Crippen LogP contribution in [-0.4, -0.2) is 5.78 Å². The first kappa shape index (κ1) is 11.3. The average molecular weight is 263 g/mol. The molecule has 0 saturated carbocycles. The molecular formula is C10H9BrF2O. The second-order valence-corrected chi connectivity index (χ2v) is 3.81. The molecule has 1 nitrogen and oxygen atoms in total. The first-order valence-electron chi connectivity index (χ1n) is 4.03. The molecule has 0 amide bonds. The molecule has 0 aromatic heterocycles. The number of hydrogen-bond acceptors (Lipinski definition) is 1. The van der Waals surface area contributed by atoms with E-state index in [0.29, 0.717) is 11.1 Å². The van der Waals surface area contributed by atoms with E-state index < -0.39 is 6.43 Å². The molecule has 1 aromatic rings. The van der Waals surface area contributed by atoms with Gasteiger partial charge in [0, 0.05) is 15.6 Å². The van der Waals surface area contributed by atoms with E-state index in [4.69, 9.17) is 0 Å². The molecule has 0 saturated heterocycles. The zero-order chi connectivity index (χ0) is 10.9. The normalized spacial score (nSPS) is 10.7. The minimum atomic E-state index is -2.57. The van der Waals surface area contributed by atoms with Crippen molar-refractivity contribution in [1.29, 1.82) is 0 Å². The van der Waals surface area contributed by atoms with Crippen LogP contribution >= 0.6 is 15.9 Å². The van der Waals surface area contributed by atoms with Gasteiger partial charge in [0.2, 0.25) is 0 Å². The van der Waals surface area contributed by atoms with Gasteiger partial charge < -0.3 is 0 Å². The monoisotopic (exact) mass is 262 g/mol. The molecule has 0 fully saturated rings. The highest BCUT2D eigenvalue weighted by atomic mass is 79.9. The van der Waals surface area contributed by atoms with E-state index in [0.717, 1.165) is 0 Å². The molecule has 0 spiro atoms. The Kier molecular flexibility index (Phi) is 3.37. The summed E-state index contributed by atoms with van der Waals surface area (Å²) in [7, 11) is 0. The molecule has 1 rings (SSSR count). The van der Waals surface area contributed by atoms with Crippen molar-refractivity contribution < 1.29 is 13.6 Å². The molecule has 0 aliphatic rings. The van der Waals surface area contributed by atoms with Crippen LogP contribution in [0.25, 0.3) is 0 Å². The van der Waals surface area contributed by atoms with Gasteiger partial charge in [-0.25, -0.2) is 8.78 Å². The van der Waals surface area contributed by atoms with Crippen LogP contribution in [0.3, 0.4) is 0 Å². The van der Waals surface area contributed by atoms with Gasteiger partial charge in [-0.3, -0.25) is 4.79 Å². The van der Waals surface area contributed by atoms with Crippen molar-refractivity contribution >= 4 is 21.7 Å². The van der Waals surface area contributed by atoms with Crippen molar-refractivity contribution in [3.05, 3.63) is 33.3 Å². The summed E-state index contributed by atoms with van der Waals surface area (Å²) in [5, 5.41) is 0. The molecular weight excluding hydrogens is 254 g/mol. The van der Waals surface area contributed by atoms with E-state index in [1.165, 1.54) is 13.0 Å². The fraction of sp³-hybridized carbons (Fsp3) is 0.300. The van der Waals surface area contributed by atoms with Gasteiger partial charge in [0.05, 0.1) is 0 Å². The molecule has 0 unspecified atom stereocenters. The first-order valence-corrected chi connectivity index (χ1v) is 4.82. The highest BCUT2D eigenvalue weighted by Crippen LogP contribution is 2.33. The number of halogens is 3. The van der Waals surface area contributed by atoms with Gasteiger partial charge >= 0.3 is 0 Å². The number of rotatable bonds is 2. The third-order valence-electron chi connectivity index (χ3n) is 2.00. The Hall–Kier alpha value is -0.770. The standard InChI is InChI=1S/C10H9BrF2O/c1-5-3-4-7(6(2)14)9(11)8(5)10(12)13/h3-4,10H,1-2H3. The minimum absolute atomic E-state index is 0.0994. The van der Waals surface area contributed by atoms with Crippen LogP contribution in [0.5, 0.6) is 0 Å². The van der Waals surface area contributed by atoms with E-state index in [1.54, 1.807) is 13.0 Å². The largest absolute Gasteiger partial charge is 0.294 e. The summed E-state index contributed by atoms with van der Waals surface area (Å²) in [5.74, 6) is -0.223. The average Bonchev–Trinajstić information content (AvgIpc) is 2.02. The number of Topliss-reactive ketones (excluding diaryl/α,β-unsaturated/α-hetero) is 1. The maximum absolute atomic E-state index is 12.6. The summed E-state index contributed by atoms with van der Waals surface area (Å²) in [6, 6.07) is 3.08. The predicted octanol–water partition coefficient (Wildman–Crippen LogP) is 3.90. The van der Waals surface area contributed by atoms with Crippen LogP contribution in [0.15, 0.2) is 16.6 Å². The second-order valence-electron chi connectivity index (χ2n) is 3.01. The summed E-state index contributed by atoms with van der Waals surface area (Å²) >= 11 is 3.03. The summed E-state index contributed by atoms with van der Waals surface area (Å²) < 4.78 is 25.4. The van der Waals surface area contributed by atoms with Crippen molar-refractivity contribution in [3.63, 3.8) is 0 Å². The molecule has 0 radical (unpaired) electrons. The lowest BCUT2D eigenvalue weighted by molar-refractivity contribution is 0.101. The molecule has 14 heavy (non-hydrogen) atoms. The van der Waals surface area contributed by atoms with Gasteiger partial charge in [-0.15, -0.1) is 0 Å². The fourth-order valence-electron chi connectivity index (χ4n) is 1.23. The molecule has 4 heteroatoms. The second kappa shape index (κ2) is 4.17. The van der Waals surface area contributed by atoms with Crippen molar-refractivity contribution in [1.82, 2.24) is 0 Å². The Bertz CT molecular complexity index is 375. The van der Waals surface area contributed by atoms with Gasteiger partial charge in [-0.2, -0.15) is 0 Å². The van der Waals surface area contributed by atoms with E-state index in [9.17, 15) is 13.6 Å². The maximum Gasteiger partial charge on any atom is 0.265 e. The Morgan fingerprint density at radius 3 is 2.43 bits per heavy atom. The SMILES string of the molecule is CC(=O)c1ccc(C)c(C(F)F)c1Br. The molecule has 0 atom stereocenters. The zero-order valence-corrected chi connectivity index (χ0v) is 9.36. The lowest BCUT2D eigenvalue weighted by Gasteiger charge is -2.10. The summed E-state index contributed by atoms with van der Waals surface area (Å²) in [4.78, 5) is 11.1. The van der Waals surface area contributed by atoms with Crippen LogP contribution in [0.2, 0.25) is 0 Å². The van der Waals surface area contributed by atoms with Crippen molar-refractivity contribution in [2.75, 3.05) is 0 Å². The predicted molar refractivity (Wildman–Crippen MR) is 53.8 cm³/mol. The molecule has 0 aliphatic heterocycles.